The van der Waals surface area contributed by atoms with E-state index in [-0.39, 0.29) is 17.2 Å². The largest absolute Gasteiger partial charge is 0.376 e. The van der Waals surface area contributed by atoms with Crippen LogP contribution in [0.1, 0.15) is 13.8 Å². The molecule has 1 saturated heterocycles. The number of sulfonamides is 1. The molecule has 1 aromatic rings. The van der Waals surface area contributed by atoms with Gasteiger partial charge in [-0.25, -0.2) is 13.4 Å². The molecular formula is C11H19N3O4S. The zero-order chi connectivity index (χ0) is 13.9. The number of hydrogen-bond donors (Lipinski definition) is 1. The lowest BCUT2D eigenvalue weighted by Gasteiger charge is -2.31. The Morgan fingerprint density at radius 2 is 2.42 bits per heavy atom. The fraction of sp³-hybridized carbons (Fsp3) is 0.727. The van der Waals surface area contributed by atoms with E-state index in [1.54, 1.807) is 0 Å². The highest BCUT2D eigenvalue weighted by molar-refractivity contribution is 7.89. The molecule has 8 heteroatoms. The number of ether oxygens (including phenoxy) is 2. The highest BCUT2D eigenvalue weighted by atomic mass is 32.2. The number of rotatable bonds is 5. The van der Waals surface area contributed by atoms with Crippen LogP contribution in [0.2, 0.25) is 0 Å². The van der Waals surface area contributed by atoms with E-state index in [1.807, 2.05) is 13.8 Å². The summed E-state index contributed by atoms with van der Waals surface area (Å²) in [5.41, 5.74) is 0. The number of morpholine rings is 1. The number of aromatic amines is 1. The van der Waals surface area contributed by atoms with E-state index in [0.717, 1.165) is 0 Å². The van der Waals surface area contributed by atoms with Gasteiger partial charge in [0.15, 0.2) is 5.03 Å². The van der Waals surface area contributed by atoms with Crippen LogP contribution in [0, 0.1) is 0 Å². The minimum absolute atomic E-state index is 0.100. The third kappa shape index (κ3) is 3.53. The number of nitrogens with one attached hydrogen (secondary N) is 1. The van der Waals surface area contributed by atoms with Gasteiger partial charge in [-0.2, -0.15) is 4.31 Å². The minimum atomic E-state index is -3.51. The van der Waals surface area contributed by atoms with Gasteiger partial charge in [0.05, 0.1) is 37.9 Å². The molecule has 1 atom stereocenters. The summed E-state index contributed by atoms with van der Waals surface area (Å²) in [7, 11) is -3.51. The molecular weight excluding hydrogens is 270 g/mol. The van der Waals surface area contributed by atoms with Gasteiger partial charge in [-0.1, -0.05) is 0 Å². The van der Waals surface area contributed by atoms with E-state index in [0.29, 0.717) is 26.3 Å². The summed E-state index contributed by atoms with van der Waals surface area (Å²) in [5.74, 6) is 0. The Morgan fingerprint density at radius 1 is 1.63 bits per heavy atom. The van der Waals surface area contributed by atoms with Crippen molar-refractivity contribution in [1.29, 1.82) is 0 Å². The van der Waals surface area contributed by atoms with Crippen LogP contribution in [0.15, 0.2) is 17.6 Å². The second-order valence-electron chi connectivity index (χ2n) is 4.65. The average molecular weight is 289 g/mol. The van der Waals surface area contributed by atoms with Gasteiger partial charge in [0.1, 0.15) is 0 Å². The summed E-state index contributed by atoms with van der Waals surface area (Å²) in [6.45, 7) is 5.28. The van der Waals surface area contributed by atoms with E-state index in [9.17, 15) is 8.42 Å². The van der Waals surface area contributed by atoms with Crippen LogP contribution >= 0.6 is 0 Å². The molecule has 0 aliphatic carbocycles. The van der Waals surface area contributed by atoms with Crippen molar-refractivity contribution in [3.05, 3.63) is 12.5 Å². The van der Waals surface area contributed by atoms with Crippen molar-refractivity contribution < 1.29 is 17.9 Å². The van der Waals surface area contributed by atoms with Crippen molar-refractivity contribution in [3.63, 3.8) is 0 Å². The van der Waals surface area contributed by atoms with Gasteiger partial charge in [0, 0.05) is 13.1 Å². The monoisotopic (exact) mass is 289 g/mol. The molecule has 19 heavy (non-hydrogen) atoms. The number of aromatic nitrogens is 2. The summed E-state index contributed by atoms with van der Waals surface area (Å²) in [6, 6.07) is 0. The zero-order valence-corrected chi connectivity index (χ0v) is 11.9. The Morgan fingerprint density at radius 3 is 3.05 bits per heavy atom. The van der Waals surface area contributed by atoms with Gasteiger partial charge in [0.2, 0.25) is 0 Å². The van der Waals surface area contributed by atoms with Gasteiger partial charge in [-0.15, -0.1) is 0 Å². The number of nitrogens with zero attached hydrogens (tertiary/aromatic N) is 2. The van der Waals surface area contributed by atoms with Crippen molar-refractivity contribution >= 4 is 10.0 Å². The van der Waals surface area contributed by atoms with Crippen molar-refractivity contribution in [3.8, 4) is 0 Å². The molecule has 0 aromatic carbocycles. The van der Waals surface area contributed by atoms with E-state index in [4.69, 9.17) is 9.47 Å². The molecule has 1 N–H and O–H groups in total. The van der Waals surface area contributed by atoms with Gasteiger partial charge in [0.25, 0.3) is 10.0 Å². The molecule has 2 heterocycles. The predicted octanol–water partition coefficient (Wildman–Crippen LogP) is 0.224. The van der Waals surface area contributed by atoms with E-state index in [2.05, 4.69) is 9.97 Å². The third-order valence-corrected chi connectivity index (χ3v) is 4.60. The predicted molar refractivity (Wildman–Crippen MR) is 68.2 cm³/mol. The van der Waals surface area contributed by atoms with Crippen LogP contribution in [0.5, 0.6) is 0 Å². The summed E-state index contributed by atoms with van der Waals surface area (Å²) < 4.78 is 37.0. The van der Waals surface area contributed by atoms with Crippen LogP contribution in [-0.2, 0) is 19.5 Å². The van der Waals surface area contributed by atoms with Gasteiger partial charge in [-0.3, -0.25) is 0 Å². The SMILES string of the molecule is CC(C)OCC1CN(S(=O)(=O)c2cnc[nH]2)CCO1. The Balaban J connectivity index is 2.01. The zero-order valence-electron chi connectivity index (χ0n) is 11.1. The summed E-state index contributed by atoms with van der Waals surface area (Å²) in [4.78, 5) is 6.37. The maximum Gasteiger partial charge on any atom is 0.260 e. The van der Waals surface area contributed by atoms with E-state index in [1.165, 1.54) is 16.8 Å². The quantitative estimate of drug-likeness (QED) is 0.838. The topological polar surface area (TPSA) is 84.5 Å². The van der Waals surface area contributed by atoms with Crippen LogP contribution in [0.4, 0.5) is 0 Å². The van der Waals surface area contributed by atoms with E-state index < -0.39 is 10.0 Å². The molecule has 7 nitrogen and oxygen atoms in total. The standard InChI is InChI=1S/C11H19N3O4S/c1-9(2)18-7-10-6-14(3-4-17-10)19(15,16)11-5-12-8-13-11/h5,8-10H,3-4,6-7H2,1-2H3,(H,12,13). The highest BCUT2D eigenvalue weighted by Gasteiger charge is 2.31. The molecule has 2 rings (SSSR count). The van der Waals surface area contributed by atoms with Crippen molar-refractivity contribution in [2.24, 2.45) is 0 Å². The first-order valence-electron chi connectivity index (χ1n) is 6.22. The molecule has 0 amide bonds. The van der Waals surface area contributed by atoms with Crippen molar-refractivity contribution in [2.75, 3.05) is 26.3 Å². The van der Waals surface area contributed by atoms with Crippen molar-refractivity contribution in [1.82, 2.24) is 14.3 Å². The molecule has 0 radical (unpaired) electrons. The first-order chi connectivity index (χ1) is 9.00. The fourth-order valence-corrected chi connectivity index (χ4v) is 3.19. The highest BCUT2D eigenvalue weighted by Crippen LogP contribution is 2.16. The smallest absolute Gasteiger partial charge is 0.260 e. The number of hydrogen-bond acceptors (Lipinski definition) is 5. The van der Waals surface area contributed by atoms with Gasteiger partial charge >= 0.3 is 0 Å². The third-order valence-electron chi connectivity index (χ3n) is 2.81. The van der Waals surface area contributed by atoms with E-state index >= 15 is 0 Å². The second kappa shape index (κ2) is 6.00. The van der Waals surface area contributed by atoms with Gasteiger partial charge in [-0.05, 0) is 13.8 Å². The average Bonchev–Trinajstić information content (AvgIpc) is 2.91. The Hall–Kier alpha value is -0.960. The lowest BCUT2D eigenvalue weighted by Crippen LogP contribution is -2.47. The Kier molecular flexibility index (Phi) is 4.56. The molecule has 1 unspecified atom stereocenters. The molecule has 0 spiro atoms. The van der Waals surface area contributed by atoms with Crippen molar-refractivity contribution in [2.45, 2.75) is 31.1 Å². The molecule has 1 fully saturated rings. The maximum absolute atomic E-state index is 12.3. The molecule has 1 aromatic heterocycles. The lowest BCUT2D eigenvalue weighted by atomic mass is 10.3. The van der Waals surface area contributed by atoms with Crippen LogP contribution in [0.25, 0.3) is 0 Å². The summed E-state index contributed by atoms with van der Waals surface area (Å²) in [5, 5.41) is 0.109. The second-order valence-corrected chi connectivity index (χ2v) is 6.56. The molecule has 1 aliphatic heterocycles. The molecule has 108 valence electrons. The van der Waals surface area contributed by atoms with Crippen LogP contribution < -0.4 is 0 Å². The first-order valence-corrected chi connectivity index (χ1v) is 7.66. The van der Waals surface area contributed by atoms with Crippen LogP contribution in [0.3, 0.4) is 0 Å². The molecule has 0 saturated carbocycles. The minimum Gasteiger partial charge on any atom is -0.376 e. The first kappa shape index (κ1) is 14.4. The fourth-order valence-electron chi connectivity index (χ4n) is 1.83. The Bertz CT molecular complexity index is 486. The lowest BCUT2D eigenvalue weighted by molar-refractivity contribution is -0.0637. The summed E-state index contributed by atoms with van der Waals surface area (Å²) in [6.07, 6.45) is 2.54. The molecule has 0 bridgehead atoms. The van der Waals surface area contributed by atoms with Crippen LogP contribution in [-0.4, -0.2) is 61.2 Å². The number of imidazole rings is 1. The normalized spacial score (nSPS) is 21.9. The summed E-state index contributed by atoms with van der Waals surface area (Å²) >= 11 is 0. The molecule has 1 aliphatic rings. The van der Waals surface area contributed by atoms with Gasteiger partial charge < -0.3 is 14.5 Å². The maximum atomic E-state index is 12.3. The Labute approximate surface area is 113 Å². The number of H-pyrrole nitrogens is 1.